The summed E-state index contributed by atoms with van der Waals surface area (Å²) in [5.41, 5.74) is 2.78. The number of alkyl halides is 3. The van der Waals surface area contributed by atoms with Crippen LogP contribution in [0.15, 0.2) is 36.5 Å². The number of halogens is 4. The fourth-order valence-corrected chi connectivity index (χ4v) is 6.33. The molecule has 0 radical (unpaired) electrons. The fraction of sp³-hybridized carbons (Fsp3) is 0.500. The molecule has 2 aliphatic rings. The van der Waals surface area contributed by atoms with E-state index in [2.05, 4.69) is 10.1 Å². The van der Waals surface area contributed by atoms with E-state index in [1.54, 1.807) is 43.6 Å². The van der Waals surface area contributed by atoms with Crippen LogP contribution in [0.5, 0.6) is 0 Å². The van der Waals surface area contributed by atoms with E-state index >= 15 is 0 Å². The van der Waals surface area contributed by atoms with Crippen molar-refractivity contribution >= 4 is 28.4 Å². The third-order valence-corrected chi connectivity index (χ3v) is 8.66. The number of benzene rings is 1. The molecule has 188 valence electrons. The zero-order valence-corrected chi connectivity index (χ0v) is 20.8. The summed E-state index contributed by atoms with van der Waals surface area (Å²) < 4.78 is 70.4. The summed E-state index contributed by atoms with van der Waals surface area (Å²) in [6.45, 7) is 5.60. The zero-order chi connectivity index (χ0) is 25.3. The molecule has 0 saturated heterocycles. The van der Waals surface area contributed by atoms with Crippen molar-refractivity contribution < 1.29 is 22.1 Å². The van der Waals surface area contributed by atoms with Crippen LogP contribution >= 0.6 is 0 Å². The van der Waals surface area contributed by atoms with Crippen LogP contribution in [0.1, 0.15) is 57.3 Å². The Bertz CT molecular complexity index is 1250. The van der Waals surface area contributed by atoms with E-state index in [1.165, 1.54) is 25.2 Å². The Labute approximate surface area is 204 Å². The van der Waals surface area contributed by atoms with Crippen LogP contribution in [0, 0.1) is 5.95 Å². The molecule has 0 N–H and O–H groups in total. The van der Waals surface area contributed by atoms with Gasteiger partial charge >= 0.3 is 6.18 Å². The maximum absolute atomic E-state index is 14.1. The van der Waals surface area contributed by atoms with Gasteiger partial charge in [-0.2, -0.15) is 17.6 Å². The van der Waals surface area contributed by atoms with Gasteiger partial charge in [-0.05, 0) is 57.7 Å². The SMILES string of the molecule is CN([C@@H](c1ccc(N2CCC3(CC3)c3c2cnc2cc(F)nn32)cc1)C(F)(F)F)[S@+]([O-])C(C)(C)C. The lowest BCUT2D eigenvalue weighted by Gasteiger charge is -2.37. The molecule has 3 aromatic rings. The highest BCUT2D eigenvalue weighted by molar-refractivity contribution is 7.90. The van der Waals surface area contributed by atoms with Crippen molar-refractivity contribution in [3.8, 4) is 0 Å². The van der Waals surface area contributed by atoms with Crippen molar-refractivity contribution in [2.24, 2.45) is 0 Å². The van der Waals surface area contributed by atoms with E-state index in [0.29, 0.717) is 17.9 Å². The first kappa shape index (κ1) is 24.3. The van der Waals surface area contributed by atoms with Crippen molar-refractivity contribution in [1.29, 1.82) is 0 Å². The number of hydrogen-bond donors (Lipinski definition) is 0. The van der Waals surface area contributed by atoms with Gasteiger partial charge in [-0.3, -0.25) is 0 Å². The van der Waals surface area contributed by atoms with Crippen molar-refractivity contribution in [3.05, 3.63) is 53.7 Å². The van der Waals surface area contributed by atoms with Crippen LogP contribution in [0.2, 0.25) is 0 Å². The lowest BCUT2D eigenvalue weighted by atomic mass is 9.91. The molecule has 1 aliphatic carbocycles. The lowest BCUT2D eigenvalue weighted by molar-refractivity contribution is -0.171. The topological polar surface area (TPSA) is 59.7 Å². The Hall–Kier alpha value is -2.37. The van der Waals surface area contributed by atoms with Gasteiger partial charge in [-0.15, -0.1) is 9.40 Å². The molecule has 1 spiro atoms. The van der Waals surface area contributed by atoms with Crippen molar-refractivity contribution in [2.45, 2.75) is 62.4 Å². The van der Waals surface area contributed by atoms with Crippen LogP contribution in [0.4, 0.5) is 28.9 Å². The second-order valence-electron chi connectivity index (χ2n) is 10.4. The molecule has 5 rings (SSSR count). The average molecular weight is 510 g/mol. The van der Waals surface area contributed by atoms with E-state index in [-0.39, 0.29) is 11.0 Å². The third kappa shape index (κ3) is 4.17. The maximum Gasteiger partial charge on any atom is 0.412 e. The fourth-order valence-electron chi connectivity index (χ4n) is 5.03. The second kappa shape index (κ2) is 8.07. The minimum atomic E-state index is -4.60. The first-order valence-corrected chi connectivity index (χ1v) is 12.6. The first-order chi connectivity index (χ1) is 16.3. The second-order valence-corrected chi connectivity index (χ2v) is 12.7. The van der Waals surface area contributed by atoms with E-state index in [9.17, 15) is 22.1 Å². The van der Waals surface area contributed by atoms with Gasteiger partial charge in [0.25, 0.3) is 0 Å². The van der Waals surface area contributed by atoms with E-state index in [0.717, 1.165) is 34.9 Å². The first-order valence-electron chi connectivity index (χ1n) is 11.5. The van der Waals surface area contributed by atoms with Gasteiger partial charge in [-0.1, -0.05) is 12.1 Å². The van der Waals surface area contributed by atoms with Gasteiger partial charge in [0, 0.05) is 42.1 Å². The standard InChI is InChI=1S/C24H27F4N5OS/c1-22(2,3)35(34)31(4)20(24(26,27)28)15-5-7-16(8-6-15)32-12-11-23(9-10-23)21-17(32)14-29-19-13-18(25)30-33(19)21/h5-8,13-14,20H,9-12H2,1-4H3/t20-,35+/m0/s1. The number of hydrogen-bond acceptors (Lipinski definition) is 5. The lowest BCUT2D eigenvalue weighted by Crippen LogP contribution is -2.46. The highest BCUT2D eigenvalue weighted by atomic mass is 32.2. The molecule has 11 heteroatoms. The van der Waals surface area contributed by atoms with Crippen LogP contribution in [-0.2, 0) is 16.8 Å². The molecule has 1 fully saturated rings. The Morgan fingerprint density at radius 3 is 2.34 bits per heavy atom. The number of rotatable bonds is 4. The van der Waals surface area contributed by atoms with Gasteiger partial charge in [0.1, 0.15) is 4.75 Å². The Kier molecular flexibility index (Phi) is 5.61. The van der Waals surface area contributed by atoms with Crippen molar-refractivity contribution in [2.75, 3.05) is 18.5 Å². The monoisotopic (exact) mass is 509 g/mol. The number of anilines is 2. The average Bonchev–Trinajstić information content (AvgIpc) is 3.43. The van der Waals surface area contributed by atoms with Gasteiger partial charge in [0.05, 0.1) is 17.6 Å². The largest absolute Gasteiger partial charge is 0.597 e. The summed E-state index contributed by atoms with van der Waals surface area (Å²) in [4.78, 5) is 6.35. The van der Waals surface area contributed by atoms with Gasteiger partial charge < -0.3 is 9.45 Å². The minimum Gasteiger partial charge on any atom is -0.597 e. The van der Waals surface area contributed by atoms with E-state index in [1.807, 2.05) is 4.90 Å². The molecule has 3 heterocycles. The van der Waals surface area contributed by atoms with Crippen LogP contribution < -0.4 is 4.90 Å². The molecular formula is C24H27F4N5OS. The molecule has 6 nitrogen and oxygen atoms in total. The summed E-state index contributed by atoms with van der Waals surface area (Å²) >= 11 is -1.86. The molecule has 1 saturated carbocycles. The number of nitrogens with zero attached hydrogens (tertiary/aromatic N) is 5. The summed E-state index contributed by atoms with van der Waals surface area (Å²) in [5.74, 6) is -0.599. The summed E-state index contributed by atoms with van der Waals surface area (Å²) in [7, 11) is 1.24. The van der Waals surface area contributed by atoms with Gasteiger partial charge in [0.15, 0.2) is 11.7 Å². The summed E-state index contributed by atoms with van der Waals surface area (Å²) in [6.07, 6.45) is -0.110. The molecule has 0 amide bonds. The Morgan fingerprint density at radius 2 is 1.77 bits per heavy atom. The predicted octanol–water partition coefficient (Wildman–Crippen LogP) is 5.44. The zero-order valence-electron chi connectivity index (χ0n) is 19.9. The maximum atomic E-state index is 14.1. The summed E-state index contributed by atoms with van der Waals surface area (Å²) in [5, 5.41) is 4.01. The molecular weight excluding hydrogens is 482 g/mol. The Balaban J connectivity index is 1.51. The predicted molar refractivity (Wildman–Crippen MR) is 126 cm³/mol. The normalized spacial score (nSPS) is 19.3. The number of aromatic nitrogens is 3. The highest BCUT2D eigenvalue weighted by Crippen LogP contribution is 2.57. The molecule has 2 atom stereocenters. The van der Waals surface area contributed by atoms with Crippen LogP contribution in [-0.4, -0.2) is 48.0 Å². The van der Waals surface area contributed by atoms with Crippen molar-refractivity contribution in [1.82, 2.24) is 18.9 Å². The molecule has 1 aliphatic heterocycles. The Morgan fingerprint density at radius 1 is 1.11 bits per heavy atom. The molecule has 2 aromatic heterocycles. The molecule has 1 aromatic carbocycles. The molecule has 0 unspecified atom stereocenters. The van der Waals surface area contributed by atoms with Crippen molar-refractivity contribution in [3.63, 3.8) is 0 Å². The highest BCUT2D eigenvalue weighted by Gasteiger charge is 2.52. The van der Waals surface area contributed by atoms with E-state index in [4.69, 9.17) is 0 Å². The molecule has 0 bridgehead atoms. The minimum absolute atomic E-state index is 0.0139. The van der Waals surface area contributed by atoms with Crippen LogP contribution in [0.3, 0.4) is 0 Å². The number of fused-ring (bicyclic) bond motifs is 4. The van der Waals surface area contributed by atoms with Crippen LogP contribution in [0.25, 0.3) is 5.65 Å². The van der Waals surface area contributed by atoms with E-state index < -0.39 is 34.3 Å². The quantitative estimate of drug-likeness (QED) is 0.346. The third-order valence-electron chi connectivity index (χ3n) is 6.87. The van der Waals surface area contributed by atoms with Gasteiger partial charge in [0.2, 0.25) is 5.95 Å². The molecule has 35 heavy (non-hydrogen) atoms. The van der Waals surface area contributed by atoms with Gasteiger partial charge in [-0.25, -0.2) is 9.50 Å². The summed E-state index contributed by atoms with van der Waals surface area (Å²) in [6, 6.07) is 5.44. The smallest absolute Gasteiger partial charge is 0.412 e.